The molecule has 0 saturated carbocycles. The van der Waals surface area contributed by atoms with Crippen LogP contribution in [0.4, 0.5) is 0 Å². The molecule has 90 valence electrons. The summed E-state index contributed by atoms with van der Waals surface area (Å²) in [4.78, 5) is 17.3. The molecular weight excluding hydrogens is 220 g/mol. The summed E-state index contributed by atoms with van der Waals surface area (Å²) in [7, 11) is 1.77. The van der Waals surface area contributed by atoms with E-state index in [1.807, 2.05) is 0 Å². The highest BCUT2D eigenvalue weighted by molar-refractivity contribution is 5.75. The SMILES string of the molecule is CN(Cc1cn[nH]c1)C(=O)CCn1cncn1. The first-order chi connectivity index (χ1) is 8.25. The van der Waals surface area contributed by atoms with E-state index in [0.29, 0.717) is 19.5 Å². The van der Waals surface area contributed by atoms with Gasteiger partial charge >= 0.3 is 0 Å². The van der Waals surface area contributed by atoms with Gasteiger partial charge in [0.1, 0.15) is 12.7 Å². The molecule has 1 amide bonds. The van der Waals surface area contributed by atoms with E-state index in [-0.39, 0.29) is 5.91 Å². The first-order valence-electron chi connectivity index (χ1n) is 5.30. The van der Waals surface area contributed by atoms with Crippen molar-refractivity contribution in [2.24, 2.45) is 0 Å². The lowest BCUT2D eigenvalue weighted by atomic mass is 10.3. The van der Waals surface area contributed by atoms with Gasteiger partial charge in [-0.15, -0.1) is 0 Å². The van der Waals surface area contributed by atoms with Crippen molar-refractivity contribution in [3.05, 3.63) is 30.6 Å². The third-order valence-corrected chi connectivity index (χ3v) is 2.42. The second-order valence-electron chi connectivity index (χ2n) is 3.76. The maximum absolute atomic E-state index is 11.8. The van der Waals surface area contributed by atoms with Gasteiger partial charge in [-0.25, -0.2) is 4.98 Å². The van der Waals surface area contributed by atoms with E-state index in [2.05, 4.69) is 20.3 Å². The Morgan fingerprint density at radius 3 is 3.12 bits per heavy atom. The molecule has 7 nitrogen and oxygen atoms in total. The Labute approximate surface area is 98.5 Å². The van der Waals surface area contributed by atoms with Crippen molar-refractivity contribution in [3.63, 3.8) is 0 Å². The molecule has 0 aliphatic rings. The average molecular weight is 234 g/mol. The number of rotatable bonds is 5. The number of H-pyrrole nitrogens is 1. The Bertz CT molecular complexity index is 449. The molecule has 1 N–H and O–H groups in total. The Kier molecular flexibility index (Phi) is 3.49. The molecule has 0 saturated heterocycles. The number of carbonyl (C=O) groups excluding carboxylic acids is 1. The molecule has 0 aliphatic carbocycles. The molecular formula is C10H14N6O. The van der Waals surface area contributed by atoms with Crippen LogP contribution in [0.3, 0.4) is 0 Å². The number of nitrogens with one attached hydrogen (secondary N) is 1. The van der Waals surface area contributed by atoms with Crippen LogP contribution in [0.25, 0.3) is 0 Å². The molecule has 2 aromatic rings. The molecule has 17 heavy (non-hydrogen) atoms. The lowest BCUT2D eigenvalue weighted by Crippen LogP contribution is -2.26. The summed E-state index contributed by atoms with van der Waals surface area (Å²) >= 11 is 0. The summed E-state index contributed by atoms with van der Waals surface area (Å²) in [6.07, 6.45) is 6.96. The van der Waals surface area contributed by atoms with E-state index in [1.165, 1.54) is 6.33 Å². The second kappa shape index (κ2) is 5.24. The van der Waals surface area contributed by atoms with Crippen LogP contribution < -0.4 is 0 Å². The summed E-state index contributed by atoms with van der Waals surface area (Å²) in [6.45, 7) is 1.11. The Hall–Kier alpha value is -2.18. The van der Waals surface area contributed by atoms with Gasteiger partial charge < -0.3 is 4.90 Å². The van der Waals surface area contributed by atoms with E-state index in [0.717, 1.165) is 5.56 Å². The average Bonchev–Trinajstić information content (AvgIpc) is 2.98. The minimum atomic E-state index is 0.0710. The molecule has 0 aromatic carbocycles. The molecule has 0 spiro atoms. The predicted molar refractivity (Wildman–Crippen MR) is 59.7 cm³/mol. The van der Waals surface area contributed by atoms with Gasteiger partial charge in [-0.3, -0.25) is 14.6 Å². The number of aromatic nitrogens is 5. The van der Waals surface area contributed by atoms with Crippen molar-refractivity contribution < 1.29 is 4.79 Å². The summed E-state index contributed by atoms with van der Waals surface area (Å²) in [5.41, 5.74) is 0.988. The molecule has 0 atom stereocenters. The molecule has 2 heterocycles. The molecule has 0 radical (unpaired) electrons. The molecule has 0 fully saturated rings. The van der Waals surface area contributed by atoms with Crippen LogP contribution in [0, 0.1) is 0 Å². The monoisotopic (exact) mass is 234 g/mol. The van der Waals surface area contributed by atoms with Gasteiger partial charge in [0.2, 0.25) is 5.91 Å². The minimum absolute atomic E-state index is 0.0710. The first kappa shape index (κ1) is 11.3. The van der Waals surface area contributed by atoms with Crippen molar-refractivity contribution in [3.8, 4) is 0 Å². The number of aromatic amines is 1. The Morgan fingerprint density at radius 2 is 2.47 bits per heavy atom. The van der Waals surface area contributed by atoms with Gasteiger partial charge in [0, 0.05) is 31.8 Å². The standard InChI is InChI=1S/C10H14N6O/c1-15(6-9-4-12-13-5-9)10(17)2-3-16-8-11-7-14-16/h4-5,7-8H,2-3,6H2,1H3,(H,12,13). The van der Waals surface area contributed by atoms with Gasteiger partial charge in [0.05, 0.1) is 12.7 Å². The summed E-state index contributed by atoms with van der Waals surface area (Å²) in [6, 6.07) is 0. The van der Waals surface area contributed by atoms with Gasteiger partial charge in [-0.05, 0) is 0 Å². The van der Waals surface area contributed by atoms with E-state index >= 15 is 0 Å². The number of carbonyl (C=O) groups is 1. The van der Waals surface area contributed by atoms with Crippen LogP contribution in [0.5, 0.6) is 0 Å². The number of hydrogen-bond donors (Lipinski definition) is 1. The van der Waals surface area contributed by atoms with E-state index < -0.39 is 0 Å². The van der Waals surface area contributed by atoms with Gasteiger partial charge in [0.15, 0.2) is 0 Å². The van der Waals surface area contributed by atoms with Gasteiger partial charge in [-0.2, -0.15) is 10.2 Å². The Balaban J connectivity index is 1.79. The number of amides is 1. The fourth-order valence-electron chi connectivity index (χ4n) is 1.48. The second-order valence-corrected chi connectivity index (χ2v) is 3.76. The zero-order chi connectivity index (χ0) is 12.1. The minimum Gasteiger partial charge on any atom is -0.341 e. The number of nitrogens with zero attached hydrogens (tertiary/aromatic N) is 5. The first-order valence-corrected chi connectivity index (χ1v) is 5.30. The molecule has 2 rings (SSSR count). The quantitative estimate of drug-likeness (QED) is 0.792. The molecule has 7 heteroatoms. The van der Waals surface area contributed by atoms with E-state index in [9.17, 15) is 4.79 Å². The van der Waals surface area contributed by atoms with Crippen LogP contribution in [-0.2, 0) is 17.9 Å². The molecule has 2 aromatic heterocycles. The van der Waals surface area contributed by atoms with Gasteiger partial charge in [-0.1, -0.05) is 0 Å². The van der Waals surface area contributed by atoms with Crippen molar-refractivity contribution in [1.82, 2.24) is 29.9 Å². The van der Waals surface area contributed by atoms with E-state index in [1.54, 1.807) is 35.4 Å². The summed E-state index contributed by atoms with van der Waals surface area (Å²) in [5, 5.41) is 10.5. The zero-order valence-electron chi connectivity index (χ0n) is 9.58. The maximum atomic E-state index is 11.8. The normalized spacial score (nSPS) is 10.4. The van der Waals surface area contributed by atoms with E-state index in [4.69, 9.17) is 0 Å². The lowest BCUT2D eigenvalue weighted by Gasteiger charge is -2.15. The smallest absolute Gasteiger partial charge is 0.224 e. The summed E-state index contributed by atoms with van der Waals surface area (Å²) in [5.74, 6) is 0.0710. The highest BCUT2D eigenvalue weighted by Crippen LogP contribution is 2.02. The third-order valence-electron chi connectivity index (χ3n) is 2.42. The maximum Gasteiger partial charge on any atom is 0.224 e. The van der Waals surface area contributed by atoms with Crippen LogP contribution in [0.2, 0.25) is 0 Å². The van der Waals surface area contributed by atoms with Gasteiger partial charge in [0.25, 0.3) is 0 Å². The van der Waals surface area contributed by atoms with Crippen molar-refractivity contribution in [2.75, 3.05) is 7.05 Å². The third kappa shape index (κ3) is 3.13. The molecule has 0 unspecified atom stereocenters. The number of aryl methyl sites for hydroxylation is 1. The van der Waals surface area contributed by atoms with Crippen LogP contribution in [0.15, 0.2) is 25.0 Å². The van der Waals surface area contributed by atoms with Crippen LogP contribution in [-0.4, -0.2) is 42.8 Å². The van der Waals surface area contributed by atoms with Crippen molar-refractivity contribution in [2.45, 2.75) is 19.5 Å². The largest absolute Gasteiger partial charge is 0.341 e. The topological polar surface area (TPSA) is 79.7 Å². The molecule has 0 bridgehead atoms. The fourth-order valence-corrected chi connectivity index (χ4v) is 1.48. The summed E-state index contributed by atoms with van der Waals surface area (Å²) < 4.78 is 1.64. The molecule has 0 aliphatic heterocycles. The highest BCUT2D eigenvalue weighted by atomic mass is 16.2. The van der Waals surface area contributed by atoms with Crippen molar-refractivity contribution in [1.29, 1.82) is 0 Å². The van der Waals surface area contributed by atoms with Crippen LogP contribution in [0.1, 0.15) is 12.0 Å². The zero-order valence-corrected chi connectivity index (χ0v) is 9.58. The van der Waals surface area contributed by atoms with Crippen LogP contribution >= 0.6 is 0 Å². The lowest BCUT2D eigenvalue weighted by molar-refractivity contribution is -0.130. The van der Waals surface area contributed by atoms with Crippen molar-refractivity contribution >= 4 is 5.91 Å². The highest BCUT2D eigenvalue weighted by Gasteiger charge is 2.09. The Morgan fingerprint density at radius 1 is 1.59 bits per heavy atom. The predicted octanol–water partition coefficient (Wildman–Crippen LogP) is 0.0499. The number of hydrogen-bond acceptors (Lipinski definition) is 4. The fraction of sp³-hybridized carbons (Fsp3) is 0.400.